The van der Waals surface area contributed by atoms with Crippen LogP contribution in [0.25, 0.3) is 11.1 Å². The van der Waals surface area contributed by atoms with Gasteiger partial charge in [0.25, 0.3) is 0 Å². The van der Waals surface area contributed by atoms with Crippen LogP contribution in [0.1, 0.15) is 26.3 Å². The quantitative estimate of drug-likeness (QED) is 0.541. The number of hydrogen-bond acceptors (Lipinski definition) is 5. The summed E-state index contributed by atoms with van der Waals surface area (Å²) in [6.45, 7) is 5.32. The van der Waals surface area contributed by atoms with Gasteiger partial charge in [-0.1, -0.05) is 36.4 Å². The number of rotatable bonds is 7. The molecule has 33 heavy (non-hydrogen) atoms. The molecule has 1 atom stereocenters. The van der Waals surface area contributed by atoms with E-state index in [2.05, 4.69) is 15.6 Å². The summed E-state index contributed by atoms with van der Waals surface area (Å²) in [6.07, 6.45) is 3.06. The molecule has 7 heteroatoms. The van der Waals surface area contributed by atoms with E-state index >= 15 is 0 Å². The number of alkyl carbamates (subject to hydrolysis) is 1. The van der Waals surface area contributed by atoms with Gasteiger partial charge in [-0.15, -0.1) is 0 Å². The van der Waals surface area contributed by atoms with Gasteiger partial charge in [0.05, 0.1) is 12.8 Å². The van der Waals surface area contributed by atoms with Crippen LogP contribution in [0.2, 0.25) is 0 Å². The molecule has 1 aromatic heterocycles. The fourth-order valence-corrected chi connectivity index (χ4v) is 3.26. The normalized spacial score (nSPS) is 11.9. The molecular weight excluding hydrogens is 418 g/mol. The van der Waals surface area contributed by atoms with E-state index in [1.54, 1.807) is 39.2 Å². The SMILES string of the molecule is COc1ccc(-c2ccncc2)cc1NC(=O)[C@H](Cc1ccccc1)NC(=O)OC(C)(C)C. The molecule has 1 heterocycles. The minimum absolute atomic E-state index is 0.304. The zero-order chi connectivity index (χ0) is 23.8. The van der Waals surface area contributed by atoms with E-state index in [1.165, 1.54) is 7.11 Å². The molecule has 0 bridgehead atoms. The van der Waals surface area contributed by atoms with Crippen molar-refractivity contribution >= 4 is 17.7 Å². The van der Waals surface area contributed by atoms with Gasteiger partial charge in [0.2, 0.25) is 5.91 Å². The number of benzene rings is 2. The zero-order valence-electron chi connectivity index (χ0n) is 19.3. The van der Waals surface area contributed by atoms with E-state index in [0.717, 1.165) is 16.7 Å². The van der Waals surface area contributed by atoms with Crippen LogP contribution in [0.15, 0.2) is 73.1 Å². The first-order valence-electron chi connectivity index (χ1n) is 10.7. The number of aromatic nitrogens is 1. The molecule has 172 valence electrons. The number of nitrogens with zero attached hydrogens (tertiary/aromatic N) is 1. The van der Waals surface area contributed by atoms with Gasteiger partial charge in [0, 0.05) is 18.8 Å². The Hall–Kier alpha value is -3.87. The van der Waals surface area contributed by atoms with Crippen molar-refractivity contribution in [1.82, 2.24) is 10.3 Å². The lowest BCUT2D eigenvalue weighted by Crippen LogP contribution is -2.47. The lowest BCUT2D eigenvalue weighted by Gasteiger charge is -2.24. The fraction of sp³-hybridized carbons (Fsp3) is 0.269. The van der Waals surface area contributed by atoms with Crippen molar-refractivity contribution in [3.05, 3.63) is 78.6 Å². The maximum Gasteiger partial charge on any atom is 0.408 e. The zero-order valence-corrected chi connectivity index (χ0v) is 19.3. The molecule has 0 saturated heterocycles. The minimum atomic E-state index is -0.850. The summed E-state index contributed by atoms with van der Waals surface area (Å²) < 4.78 is 10.8. The number of ether oxygens (including phenoxy) is 2. The van der Waals surface area contributed by atoms with Gasteiger partial charge in [0.15, 0.2) is 0 Å². The van der Waals surface area contributed by atoms with Crippen molar-refractivity contribution < 1.29 is 19.1 Å². The standard InChI is InChI=1S/C26H29N3O4/c1-26(2,3)33-25(31)29-22(16-18-8-6-5-7-9-18)24(30)28-21-17-20(10-11-23(21)32-4)19-12-14-27-15-13-19/h5-15,17,22H,16H2,1-4H3,(H,28,30)(H,29,31)/t22-/m0/s1. The van der Waals surface area contributed by atoms with E-state index in [1.807, 2.05) is 54.6 Å². The molecule has 0 saturated carbocycles. The van der Waals surface area contributed by atoms with Gasteiger partial charge in [-0.25, -0.2) is 4.79 Å². The summed E-state index contributed by atoms with van der Waals surface area (Å²) in [5.41, 5.74) is 2.58. The Morgan fingerprint density at radius 1 is 0.970 bits per heavy atom. The van der Waals surface area contributed by atoms with Gasteiger partial charge in [0.1, 0.15) is 17.4 Å². The number of hydrogen-bond donors (Lipinski definition) is 2. The van der Waals surface area contributed by atoms with Gasteiger partial charge in [-0.05, 0) is 61.7 Å². The highest BCUT2D eigenvalue weighted by Crippen LogP contribution is 2.30. The molecule has 0 aliphatic rings. The van der Waals surface area contributed by atoms with E-state index in [-0.39, 0.29) is 5.91 Å². The van der Waals surface area contributed by atoms with Crippen molar-refractivity contribution in [1.29, 1.82) is 0 Å². The minimum Gasteiger partial charge on any atom is -0.495 e. The summed E-state index contributed by atoms with van der Waals surface area (Å²) in [4.78, 5) is 29.8. The second-order valence-corrected chi connectivity index (χ2v) is 8.53. The highest BCUT2D eigenvalue weighted by Gasteiger charge is 2.25. The van der Waals surface area contributed by atoms with Crippen molar-refractivity contribution in [2.24, 2.45) is 0 Å². The van der Waals surface area contributed by atoms with Crippen LogP contribution in [-0.2, 0) is 16.0 Å². The molecule has 0 fully saturated rings. The smallest absolute Gasteiger partial charge is 0.408 e. The molecule has 2 amide bonds. The third-order valence-electron chi connectivity index (χ3n) is 4.76. The number of pyridine rings is 1. The van der Waals surface area contributed by atoms with Crippen LogP contribution >= 0.6 is 0 Å². The van der Waals surface area contributed by atoms with Crippen LogP contribution in [0, 0.1) is 0 Å². The Kier molecular flexibility index (Phi) is 7.66. The summed E-state index contributed by atoms with van der Waals surface area (Å²) >= 11 is 0. The molecule has 7 nitrogen and oxygen atoms in total. The van der Waals surface area contributed by atoms with Crippen LogP contribution in [-0.4, -0.2) is 35.7 Å². The molecule has 2 N–H and O–H groups in total. The molecule has 0 unspecified atom stereocenters. The molecule has 0 aliphatic heterocycles. The Bertz CT molecular complexity index is 1080. The highest BCUT2D eigenvalue weighted by molar-refractivity contribution is 5.98. The van der Waals surface area contributed by atoms with E-state index in [9.17, 15) is 9.59 Å². The molecule has 3 aromatic rings. The third-order valence-corrected chi connectivity index (χ3v) is 4.76. The second kappa shape index (κ2) is 10.6. The topological polar surface area (TPSA) is 89.5 Å². The Balaban J connectivity index is 1.85. The fourth-order valence-electron chi connectivity index (χ4n) is 3.26. The van der Waals surface area contributed by atoms with Crippen molar-refractivity contribution in [2.75, 3.05) is 12.4 Å². The monoisotopic (exact) mass is 447 g/mol. The molecule has 3 rings (SSSR count). The second-order valence-electron chi connectivity index (χ2n) is 8.53. The van der Waals surface area contributed by atoms with E-state index < -0.39 is 17.7 Å². The van der Waals surface area contributed by atoms with Crippen LogP contribution < -0.4 is 15.4 Å². The van der Waals surface area contributed by atoms with E-state index in [4.69, 9.17) is 9.47 Å². The molecular formula is C26H29N3O4. The van der Waals surface area contributed by atoms with Crippen molar-refractivity contribution in [2.45, 2.75) is 38.8 Å². The highest BCUT2D eigenvalue weighted by atomic mass is 16.6. The lowest BCUT2D eigenvalue weighted by atomic mass is 10.0. The lowest BCUT2D eigenvalue weighted by molar-refractivity contribution is -0.118. The maximum absolute atomic E-state index is 13.3. The van der Waals surface area contributed by atoms with Gasteiger partial charge >= 0.3 is 6.09 Å². The number of carbonyl (C=O) groups excluding carboxylic acids is 2. The number of carbonyl (C=O) groups is 2. The van der Waals surface area contributed by atoms with Gasteiger partial charge < -0.3 is 20.1 Å². The molecule has 2 aromatic carbocycles. The van der Waals surface area contributed by atoms with Crippen LogP contribution in [0.3, 0.4) is 0 Å². The predicted molar refractivity (Wildman–Crippen MR) is 128 cm³/mol. The maximum atomic E-state index is 13.3. The first-order chi connectivity index (χ1) is 15.7. The summed E-state index contributed by atoms with van der Waals surface area (Å²) in [5.74, 6) is 0.131. The summed E-state index contributed by atoms with van der Waals surface area (Å²) in [5, 5.41) is 5.61. The largest absolute Gasteiger partial charge is 0.495 e. The number of methoxy groups -OCH3 is 1. The van der Waals surface area contributed by atoms with Gasteiger partial charge in [-0.2, -0.15) is 0 Å². The number of anilines is 1. The summed E-state index contributed by atoms with van der Waals surface area (Å²) in [7, 11) is 1.54. The average Bonchev–Trinajstić information content (AvgIpc) is 2.78. The third kappa shape index (κ3) is 7.07. The first kappa shape index (κ1) is 23.8. The first-order valence-corrected chi connectivity index (χ1v) is 10.7. The van der Waals surface area contributed by atoms with E-state index in [0.29, 0.717) is 17.9 Å². The Morgan fingerprint density at radius 2 is 1.67 bits per heavy atom. The van der Waals surface area contributed by atoms with Crippen molar-refractivity contribution in [3.8, 4) is 16.9 Å². The van der Waals surface area contributed by atoms with Crippen LogP contribution in [0.5, 0.6) is 5.75 Å². The number of amides is 2. The van der Waals surface area contributed by atoms with Crippen LogP contribution in [0.4, 0.5) is 10.5 Å². The average molecular weight is 448 g/mol. The number of nitrogens with one attached hydrogen (secondary N) is 2. The van der Waals surface area contributed by atoms with Crippen molar-refractivity contribution in [3.63, 3.8) is 0 Å². The van der Waals surface area contributed by atoms with Gasteiger partial charge in [-0.3, -0.25) is 9.78 Å². The molecule has 0 aliphatic carbocycles. The molecule has 0 spiro atoms. The summed E-state index contributed by atoms with van der Waals surface area (Å²) in [6, 6.07) is 17.9. The predicted octanol–water partition coefficient (Wildman–Crippen LogP) is 4.83. The Morgan fingerprint density at radius 3 is 2.30 bits per heavy atom. The Labute approximate surface area is 194 Å². The molecule has 0 radical (unpaired) electrons.